The molecule has 1 amide bonds. The van der Waals surface area contributed by atoms with Crippen LogP contribution in [0.4, 0.5) is 14.5 Å². The molecule has 1 fully saturated rings. The van der Waals surface area contributed by atoms with Crippen molar-refractivity contribution in [3.63, 3.8) is 0 Å². The largest absolute Gasteiger partial charge is 0.465 e. The van der Waals surface area contributed by atoms with Crippen LogP contribution < -0.4 is 15.8 Å². The second-order valence-electron chi connectivity index (χ2n) is 5.69. The SMILES string of the molecule is COC(=O)c1ccc(NC(=O)C2CCCC(N)C2)c(OC(F)F)c1.Cl. The van der Waals surface area contributed by atoms with Crippen LogP contribution in [0.15, 0.2) is 18.2 Å². The highest BCUT2D eigenvalue weighted by molar-refractivity contribution is 5.96. The van der Waals surface area contributed by atoms with Gasteiger partial charge in [0.1, 0.15) is 5.75 Å². The average Bonchev–Trinajstić information content (AvgIpc) is 2.55. The minimum absolute atomic E-state index is 0. The summed E-state index contributed by atoms with van der Waals surface area (Å²) in [6, 6.07) is 3.78. The smallest absolute Gasteiger partial charge is 0.387 e. The lowest BCUT2D eigenvalue weighted by Crippen LogP contribution is -2.34. The van der Waals surface area contributed by atoms with Crippen LogP contribution in [0.3, 0.4) is 0 Å². The quantitative estimate of drug-likeness (QED) is 0.769. The minimum Gasteiger partial charge on any atom is -0.465 e. The Morgan fingerprint density at radius 3 is 2.64 bits per heavy atom. The molecule has 0 heterocycles. The summed E-state index contributed by atoms with van der Waals surface area (Å²) >= 11 is 0. The van der Waals surface area contributed by atoms with Crippen LogP contribution in [-0.4, -0.2) is 31.6 Å². The monoisotopic (exact) mass is 378 g/mol. The molecule has 0 bridgehead atoms. The van der Waals surface area contributed by atoms with E-state index in [4.69, 9.17) is 5.73 Å². The third-order valence-electron chi connectivity index (χ3n) is 3.96. The number of ether oxygens (including phenoxy) is 2. The first kappa shape index (κ1) is 21.1. The van der Waals surface area contributed by atoms with Crippen LogP contribution in [0, 0.1) is 5.92 Å². The Labute approximate surface area is 150 Å². The van der Waals surface area contributed by atoms with Crippen molar-refractivity contribution in [1.29, 1.82) is 0 Å². The van der Waals surface area contributed by atoms with Gasteiger partial charge in [-0.3, -0.25) is 4.79 Å². The van der Waals surface area contributed by atoms with E-state index in [1.54, 1.807) is 0 Å². The number of anilines is 1. The van der Waals surface area contributed by atoms with Crippen LogP contribution in [0.5, 0.6) is 5.75 Å². The zero-order chi connectivity index (χ0) is 17.7. The van der Waals surface area contributed by atoms with E-state index in [-0.39, 0.29) is 47.3 Å². The first-order valence-corrected chi connectivity index (χ1v) is 7.64. The lowest BCUT2D eigenvalue weighted by atomic mass is 9.85. The second-order valence-corrected chi connectivity index (χ2v) is 5.69. The molecule has 6 nitrogen and oxygen atoms in total. The van der Waals surface area contributed by atoms with Gasteiger partial charge in [0.2, 0.25) is 5.91 Å². The number of hydrogen-bond donors (Lipinski definition) is 2. The van der Waals surface area contributed by atoms with Gasteiger partial charge in [-0.2, -0.15) is 8.78 Å². The molecule has 1 aromatic rings. The molecule has 2 rings (SSSR count). The molecule has 1 aromatic carbocycles. The van der Waals surface area contributed by atoms with Gasteiger partial charge in [0.15, 0.2) is 0 Å². The van der Waals surface area contributed by atoms with Gasteiger partial charge < -0.3 is 20.5 Å². The highest BCUT2D eigenvalue weighted by atomic mass is 35.5. The number of nitrogens with one attached hydrogen (secondary N) is 1. The molecule has 1 aliphatic carbocycles. The van der Waals surface area contributed by atoms with Gasteiger partial charge in [-0.05, 0) is 37.5 Å². The molecule has 0 aromatic heterocycles. The predicted molar refractivity (Wildman–Crippen MR) is 90.2 cm³/mol. The topological polar surface area (TPSA) is 90.7 Å². The molecule has 0 saturated heterocycles. The second kappa shape index (κ2) is 9.53. The molecular weight excluding hydrogens is 358 g/mol. The number of amides is 1. The van der Waals surface area contributed by atoms with Crippen molar-refractivity contribution in [2.75, 3.05) is 12.4 Å². The van der Waals surface area contributed by atoms with E-state index in [1.165, 1.54) is 19.2 Å². The molecule has 1 saturated carbocycles. The zero-order valence-corrected chi connectivity index (χ0v) is 14.5. The van der Waals surface area contributed by atoms with E-state index < -0.39 is 12.6 Å². The summed E-state index contributed by atoms with van der Waals surface area (Å²) in [5.41, 5.74) is 5.99. The van der Waals surface area contributed by atoms with E-state index in [2.05, 4.69) is 14.8 Å². The molecular formula is C16H21ClF2N2O4. The minimum atomic E-state index is -3.09. The summed E-state index contributed by atoms with van der Waals surface area (Å²) in [6.07, 6.45) is 2.97. The molecule has 1 aliphatic rings. The highest BCUT2D eigenvalue weighted by Gasteiger charge is 2.26. The number of methoxy groups -OCH3 is 1. The fourth-order valence-corrected chi connectivity index (χ4v) is 2.76. The molecule has 25 heavy (non-hydrogen) atoms. The number of esters is 1. The lowest BCUT2D eigenvalue weighted by molar-refractivity contribution is -0.121. The van der Waals surface area contributed by atoms with Crippen molar-refractivity contribution in [1.82, 2.24) is 0 Å². The maximum Gasteiger partial charge on any atom is 0.387 e. The molecule has 2 unspecified atom stereocenters. The van der Waals surface area contributed by atoms with Gasteiger partial charge in [-0.25, -0.2) is 4.79 Å². The lowest BCUT2D eigenvalue weighted by Gasteiger charge is -2.26. The van der Waals surface area contributed by atoms with Gasteiger partial charge in [-0.15, -0.1) is 12.4 Å². The van der Waals surface area contributed by atoms with Crippen molar-refractivity contribution in [3.8, 4) is 5.75 Å². The Balaban J connectivity index is 0.00000312. The molecule has 0 aliphatic heterocycles. The number of alkyl halides is 2. The normalized spacial score (nSPS) is 19.7. The first-order valence-electron chi connectivity index (χ1n) is 7.64. The summed E-state index contributed by atoms with van der Waals surface area (Å²) < 4.78 is 34.1. The van der Waals surface area contributed by atoms with Gasteiger partial charge in [0.05, 0.1) is 18.4 Å². The standard InChI is InChI=1S/C16H20F2N2O4.ClH/c1-23-15(22)10-5-6-12(13(8-10)24-16(17)18)20-14(21)9-3-2-4-11(19)7-9;/h5-6,8-9,11,16H,2-4,7,19H2,1H3,(H,20,21);1H. The zero-order valence-electron chi connectivity index (χ0n) is 13.7. The number of rotatable bonds is 5. The summed E-state index contributed by atoms with van der Waals surface area (Å²) in [4.78, 5) is 23.8. The number of nitrogens with two attached hydrogens (primary N) is 1. The number of benzene rings is 1. The fourth-order valence-electron chi connectivity index (χ4n) is 2.76. The van der Waals surface area contributed by atoms with Crippen LogP contribution in [-0.2, 0) is 9.53 Å². The van der Waals surface area contributed by atoms with Crippen molar-refractivity contribution in [2.24, 2.45) is 11.7 Å². The third kappa shape index (κ3) is 5.82. The van der Waals surface area contributed by atoms with E-state index in [0.717, 1.165) is 18.9 Å². The molecule has 2 atom stereocenters. The number of hydrogen-bond acceptors (Lipinski definition) is 5. The highest BCUT2D eigenvalue weighted by Crippen LogP contribution is 2.30. The summed E-state index contributed by atoms with van der Waals surface area (Å²) in [5.74, 6) is -1.55. The fraction of sp³-hybridized carbons (Fsp3) is 0.500. The van der Waals surface area contributed by atoms with Crippen LogP contribution in [0.2, 0.25) is 0 Å². The van der Waals surface area contributed by atoms with Gasteiger partial charge in [0, 0.05) is 12.0 Å². The number of carbonyl (C=O) groups is 2. The van der Waals surface area contributed by atoms with E-state index in [1.807, 2.05) is 0 Å². The summed E-state index contributed by atoms with van der Waals surface area (Å²) in [6.45, 7) is -3.09. The van der Waals surface area contributed by atoms with Crippen molar-refractivity contribution in [3.05, 3.63) is 23.8 Å². The average molecular weight is 379 g/mol. The van der Waals surface area contributed by atoms with Gasteiger partial charge >= 0.3 is 12.6 Å². The third-order valence-corrected chi connectivity index (χ3v) is 3.96. The predicted octanol–water partition coefficient (Wildman–Crippen LogP) is 2.95. The van der Waals surface area contributed by atoms with Crippen molar-refractivity contribution >= 4 is 30.0 Å². The Morgan fingerprint density at radius 2 is 2.04 bits per heavy atom. The number of halogens is 3. The van der Waals surface area contributed by atoms with Gasteiger partial charge in [-0.1, -0.05) is 6.42 Å². The first-order chi connectivity index (χ1) is 11.4. The van der Waals surface area contributed by atoms with Crippen LogP contribution in [0.1, 0.15) is 36.0 Å². The van der Waals surface area contributed by atoms with E-state index in [9.17, 15) is 18.4 Å². The van der Waals surface area contributed by atoms with Crippen molar-refractivity contribution < 1.29 is 27.8 Å². The van der Waals surface area contributed by atoms with E-state index in [0.29, 0.717) is 12.8 Å². The van der Waals surface area contributed by atoms with Crippen molar-refractivity contribution in [2.45, 2.75) is 38.3 Å². The maximum absolute atomic E-state index is 12.6. The molecule has 140 valence electrons. The Kier molecular flexibility index (Phi) is 8.05. The molecule has 3 N–H and O–H groups in total. The Bertz CT molecular complexity index is 616. The maximum atomic E-state index is 12.6. The summed E-state index contributed by atoms with van der Waals surface area (Å²) in [7, 11) is 1.18. The molecule has 9 heteroatoms. The Hall–Kier alpha value is -1.93. The molecule has 0 spiro atoms. The molecule has 0 radical (unpaired) electrons. The summed E-state index contributed by atoms with van der Waals surface area (Å²) in [5, 5.41) is 2.59. The van der Waals surface area contributed by atoms with E-state index >= 15 is 0 Å². The Morgan fingerprint density at radius 1 is 1.32 bits per heavy atom. The van der Waals surface area contributed by atoms with Crippen LogP contribution in [0.25, 0.3) is 0 Å². The number of carbonyl (C=O) groups excluding carboxylic acids is 2. The van der Waals surface area contributed by atoms with Gasteiger partial charge in [0.25, 0.3) is 0 Å². The van der Waals surface area contributed by atoms with Crippen LogP contribution >= 0.6 is 12.4 Å².